The molecule has 31 heavy (non-hydrogen) atoms. The van der Waals surface area contributed by atoms with E-state index < -0.39 is 11.7 Å². The van der Waals surface area contributed by atoms with Crippen molar-refractivity contribution < 1.29 is 14.3 Å². The van der Waals surface area contributed by atoms with Crippen LogP contribution in [0.5, 0.6) is 5.75 Å². The number of carbonyl (C=O) groups excluding carboxylic acids is 1. The first-order valence-electron chi connectivity index (χ1n) is 11.5. The number of alkyl carbamates (subject to hydrolysis) is 1. The molecule has 0 aromatic heterocycles. The highest BCUT2D eigenvalue weighted by Gasteiger charge is 2.28. The van der Waals surface area contributed by atoms with Gasteiger partial charge in [-0.1, -0.05) is 56.5 Å². The Labute approximate surface area is 193 Å². The van der Waals surface area contributed by atoms with Crippen molar-refractivity contribution in [1.29, 1.82) is 0 Å². The van der Waals surface area contributed by atoms with Crippen molar-refractivity contribution >= 4 is 23.3 Å². The summed E-state index contributed by atoms with van der Waals surface area (Å²) in [7, 11) is 1.66. The summed E-state index contributed by atoms with van der Waals surface area (Å²) in [6.07, 6.45) is 7.95. The maximum absolute atomic E-state index is 12.5. The van der Waals surface area contributed by atoms with Gasteiger partial charge in [0.05, 0.1) is 23.7 Å². The molecule has 0 bridgehead atoms. The molecule has 1 aromatic carbocycles. The molecule has 1 amide bonds. The monoisotopic (exact) mass is 448 g/mol. The number of hydrogen-bond donors (Lipinski definition) is 2. The number of ether oxygens (including phenoxy) is 2. The van der Waals surface area contributed by atoms with E-state index in [-0.39, 0.29) is 11.6 Å². The zero-order valence-corrected chi connectivity index (χ0v) is 20.9. The number of amides is 1. The molecule has 6 heteroatoms. The molecule has 5 nitrogen and oxygen atoms in total. The van der Waals surface area contributed by atoms with Crippen LogP contribution >= 0.6 is 12.2 Å². The maximum Gasteiger partial charge on any atom is 0.408 e. The Balaban J connectivity index is 2.07. The molecule has 1 aliphatic rings. The number of benzene rings is 1. The number of methoxy groups -OCH3 is 1. The van der Waals surface area contributed by atoms with Gasteiger partial charge in [-0.3, -0.25) is 0 Å². The summed E-state index contributed by atoms with van der Waals surface area (Å²) in [6.45, 7) is 9.78. The Morgan fingerprint density at radius 2 is 1.71 bits per heavy atom. The molecule has 0 spiro atoms. The number of thiocarbonyl (C=S) groups is 1. The number of carbonyl (C=O) groups is 1. The summed E-state index contributed by atoms with van der Waals surface area (Å²) in [6, 6.07) is 7.70. The highest BCUT2D eigenvalue weighted by Crippen LogP contribution is 2.28. The predicted octanol–water partition coefficient (Wildman–Crippen LogP) is 6.10. The average molecular weight is 449 g/mol. The van der Waals surface area contributed by atoms with Gasteiger partial charge in [0.2, 0.25) is 0 Å². The van der Waals surface area contributed by atoms with Crippen LogP contribution in [0.4, 0.5) is 4.79 Å². The van der Waals surface area contributed by atoms with Crippen LogP contribution in [0.25, 0.3) is 0 Å². The van der Waals surface area contributed by atoms with Crippen LogP contribution in [0.15, 0.2) is 24.3 Å². The lowest BCUT2D eigenvalue weighted by Crippen LogP contribution is -2.52. The zero-order chi connectivity index (χ0) is 23.1. The Bertz CT molecular complexity index is 719. The molecule has 174 valence electrons. The first-order chi connectivity index (χ1) is 14.5. The first kappa shape index (κ1) is 25.4. The molecule has 2 rings (SSSR count). The van der Waals surface area contributed by atoms with E-state index in [0.29, 0.717) is 10.9 Å². The fraction of sp³-hybridized carbons (Fsp3) is 0.680. The van der Waals surface area contributed by atoms with Gasteiger partial charge in [-0.2, -0.15) is 0 Å². The topological polar surface area (TPSA) is 59.6 Å². The van der Waals surface area contributed by atoms with E-state index in [1.807, 2.05) is 45.0 Å². The van der Waals surface area contributed by atoms with E-state index >= 15 is 0 Å². The number of nitrogens with one attached hydrogen (secondary N) is 2. The summed E-state index contributed by atoms with van der Waals surface area (Å²) in [5.74, 6) is 1.54. The number of rotatable bonds is 8. The Kier molecular flexibility index (Phi) is 9.16. The molecule has 0 radical (unpaired) electrons. The van der Waals surface area contributed by atoms with Crippen LogP contribution in [0, 0.1) is 5.92 Å². The van der Waals surface area contributed by atoms with Crippen molar-refractivity contribution in [2.75, 3.05) is 7.11 Å². The fourth-order valence-electron chi connectivity index (χ4n) is 4.07. The summed E-state index contributed by atoms with van der Waals surface area (Å²) >= 11 is 5.79. The van der Waals surface area contributed by atoms with Crippen LogP contribution in [-0.2, 0) is 10.3 Å². The SMILES string of the molecule is COc1ccc(C(C)(C)NC(=S)[C@@H](CCC2CCCCC2)NC(=O)OC(C)(C)C)cc1. The quantitative estimate of drug-likeness (QED) is 0.471. The lowest BCUT2D eigenvalue weighted by molar-refractivity contribution is 0.0514. The Morgan fingerprint density at radius 1 is 1.10 bits per heavy atom. The second-order valence-electron chi connectivity index (χ2n) is 10.1. The van der Waals surface area contributed by atoms with Crippen molar-refractivity contribution in [3.63, 3.8) is 0 Å². The third-order valence-corrected chi connectivity index (χ3v) is 6.23. The van der Waals surface area contributed by atoms with Crippen molar-refractivity contribution in [2.45, 2.75) is 96.7 Å². The van der Waals surface area contributed by atoms with E-state index in [0.717, 1.165) is 24.2 Å². The predicted molar refractivity (Wildman–Crippen MR) is 131 cm³/mol. The molecule has 1 atom stereocenters. The van der Waals surface area contributed by atoms with Crippen LogP contribution in [0.2, 0.25) is 0 Å². The Hall–Kier alpha value is -1.82. The lowest BCUT2D eigenvalue weighted by atomic mass is 9.85. The van der Waals surface area contributed by atoms with E-state index in [1.54, 1.807) is 7.11 Å². The van der Waals surface area contributed by atoms with Gasteiger partial charge in [0.1, 0.15) is 11.4 Å². The van der Waals surface area contributed by atoms with Gasteiger partial charge < -0.3 is 20.1 Å². The van der Waals surface area contributed by atoms with Crippen LogP contribution < -0.4 is 15.4 Å². The standard InChI is InChI=1S/C25H40N2O3S/c1-24(2,3)30-23(28)26-21(17-12-18-10-8-7-9-11-18)22(31)27-25(4,5)19-13-15-20(29-6)16-14-19/h13-16,18,21H,7-12,17H2,1-6H3,(H,26,28)(H,27,31)/t21-/m1/s1. The molecule has 1 aliphatic carbocycles. The minimum absolute atomic E-state index is 0.260. The van der Waals surface area contributed by atoms with Gasteiger partial charge in [0.25, 0.3) is 0 Å². The molecule has 0 heterocycles. The summed E-state index contributed by atoms with van der Waals surface area (Å²) < 4.78 is 10.8. The maximum atomic E-state index is 12.5. The second-order valence-corrected chi connectivity index (χ2v) is 10.6. The van der Waals surface area contributed by atoms with Gasteiger partial charge >= 0.3 is 6.09 Å². The van der Waals surface area contributed by atoms with Crippen molar-refractivity contribution in [3.05, 3.63) is 29.8 Å². The van der Waals surface area contributed by atoms with Gasteiger partial charge in [0, 0.05) is 0 Å². The number of hydrogen-bond acceptors (Lipinski definition) is 4. The van der Waals surface area contributed by atoms with Crippen LogP contribution in [-0.4, -0.2) is 29.8 Å². The Morgan fingerprint density at radius 3 is 2.26 bits per heavy atom. The van der Waals surface area contributed by atoms with Gasteiger partial charge in [0.15, 0.2) is 0 Å². The van der Waals surface area contributed by atoms with E-state index in [1.165, 1.54) is 32.1 Å². The second kappa shape index (κ2) is 11.2. The van der Waals surface area contributed by atoms with Crippen LogP contribution in [0.3, 0.4) is 0 Å². The van der Waals surface area contributed by atoms with Gasteiger partial charge in [-0.15, -0.1) is 0 Å². The molecular weight excluding hydrogens is 408 g/mol. The summed E-state index contributed by atoms with van der Waals surface area (Å²) in [5, 5.41) is 6.51. The normalized spacial score (nSPS) is 16.3. The van der Waals surface area contributed by atoms with E-state index in [9.17, 15) is 4.79 Å². The lowest BCUT2D eigenvalue weighted by Gasteiger charge is -2.33. The fourth-order valence-corrected chi connectivity index (χ4v) is 4.50. The molecule has 1 aromatic rings. The summed E-state index contributed by atoms with van der Waals surface area (Å²) in [5.41, 5.74) is 0.163. The third-order valence-electron chi connectivity index (χ3n) is 5.84. The molecule has 0 unspecified atom stereocenters. The highest BCUT2D eigenvalue weighted by molar-refractivity contribution is 7.80. The molecule has 1 fully saturated rings. The molecule has 0 aliphatic heterocycles. The molecule has 1 saturated carbocycles. The van der Waals surface area contributed by atoms with Crippen molar-refractivity contribution in [2.24, 2.45) is 5.92 Å². The van der Waals surface area contributed by atoms with E-state index in [2.05, 4.69) is 24.5 Å². The zero-order valence-electron chi connectivity index (χ0n) is 20.0. The molecule has 2 N–H and O–H groups in total. The first-order valence-corrected chi connectivity index (χ1v) is 11.9. The van der Waals surface area contributed by atoms with Crippen LogP contribution in [0.1, 0.15) is 85.1 Å². The minimum Gasteiger partial charge on any atom is -0.497 e. The molecule has 0 saturated heterocycles. The highest BCUT2D eigenvalue weighted by atomic mass is 32.1. The third kappa shape index (κ3) is 8.68. The summed E-state index contributed by atoms with van der Waals surface area (Å²) in [4.78, 5) is 13.1. The molecular formula is C25H40N2O3S. The minimum atomic E-state index is -0.546. The van der Waals surface area contributed by atoms with Crippen molar-refractivity contribution in [1.82, 2.24) is 10.6 Å². The average Bonchev–Trinajstić information content (AvgIpc) is 2.70. The largest absolute Gasteiger partial charge is 0.497 e. The van der Waals surface area contributed by atoms with E-state index in [4.69, 9.17) is 21.7 Å². The van der Waals surface area contributed by atoms with Gasteiger partial charge in [-0.25, -0.2) is 4.79 Å². The van der Waals surface area contributed by atoms with Gasteiger partial charge in [-0.05, 0) is 71.1 Å². The smallest absolute Gasteiger partial charge is 0.408 e. The van der Waals surface area contributed by atoms with Crippen molar-refractivity contribution in [3.8, 4) is 5.75 Å².